The highest BCUT2D eigenvalue weighted by Gasteiger charge is 2.20. The summed E-state index contributed by atoms with van der Waals surface area (Å²) in [7, 11) is -4.44. The van der Waals surface area contributed by atoms with Crippen LogP contribution in [0.25, 0.3) is 10.8 Å². The van der Waals surface area contributed by atoms with Crippen molar-refractivity contribution < 1.29 is 17.8 Å². The summed E-state index contributed by atoms with van der Waals surface area (Å²) in [5.74, 6) is -0.0876. The number of nitrogens with one attached hydrogen (secondary N) is 1. The second-order valence-corrected chi connectivity index (χ2v) is 6.83. The first-order valence-electron chi connectivity index (χ1n) is 6.45. The first-order chi connectivity index (χ1) is 10.3. The maximum absolute atomic E-state index is 11.7. The summed E-state index contributed by atoms with van der Waals surface area (Å²) in [6.07, 6.45) is 0.436. The molecule has 0 aliphatic heterocycles. The maximum Gasteiger partial charge on any atom is 0.297 e. The fraction of sp³-hybridized carbons (Fsp3) is 0.214. The van der Waals surface area contributed by atoms with E-state index in [2.05, 4.69) is 5.32 Å². The van der Waals surface area contributed by atoms with Crippen LogP contribution in [0.2, 0.25) is 0 Å². The van der Waals surface area contributed by atoms with Gasteiger partial charge in [-0.1, -0.05) is 46.9 Å². The summed E-state index contributed by atoms with van der Waals surface area (Å²) in [6, 6.07) is 8.45. The number of halogens is 1. The van der Waals surface area contributed by atoms with Gasteiger partial charge >= 0.3 is 0 Å². The number of hydrogen-bond acceptors (Lipinski definition) is 4. The van der Waals surface area contributed by atoms with Gasteiger partial charge in [0, 0.05) is 11.9 Å². The molecule has 0 radical (unpaired) electrons. The molecule has 0 aromatic heterocycles. The quantitative estimate of drug-likeness (QED) is 0.288. The molecule has 2 aromatic carbocycles. The molecule has 2 rings (SSSR count). The summed E-state index contributed by atoms with van der Waals surface area (Å²) in [6.45, 7) is 0.376. The normalized spacial score (nSPS) is 11.5. The number of carbonyl (C=O) groups is 1. The number of benzene rings is 2. The molecule has 0 unspecified atom stereocenters. The third-order valence-corrected chi connectivity index (χ3v) is 4.86. The van der Waals surface area contributed by atoms with Gasteiger partial charge in [-0.05, 0) is 23.4 Å². The van der Waals surface area contributed by atoms with Gasteiger partial charge < -0.3 is 11.1 Å². The smallest absolute Gasteiger partial charge is 0.297 e. The van der Waals surface area contributed by atoms with Crippen LogP contribution >= 0.6 is 22.6 Å². The predicted octanol–water partition coefficient (Wildman–Crippen LogP) is 1.76. The van der Waals surface area contributed by atoms with Crippen LogP contribution in [0.1, 0.15) is 5.56 Å². The van der Waals surface area contributed by atoms with E-state index in [0.717, 1.165) is 0 Å². The number of nitrogen functional groups attached to an aromatic ring is 1. The minimum absolute atomic E-state index is 0.00116. The highest BCUT2D eigenvalue weighted by Crippen LogP contribution is 2.31. The number of nitrogens with two attached hydrogens (primary N) is 1. The van der Waals surface area contributed by atoms with E-state index < -0.39 is 10.1 Å². The van der Waals surface area contributed by atoms with Gasteiger partial charge in [-0.2, -0.15) is 8.42 Å². The molecule has 0 spiro atoms. The Balaban J connectivity index is 2.51. The molecular weight excluding hydrogens is 419 g/mol. The minimum Gasteiger partial charge on any atom is -0.398 e. The van der Waals surface area contributed by atoms with E-state index in [0.29, 0.717) is 33.7 Å². The van der Waals surface area contributed by atoms with Crippen LogP contribution in [-0.2, 0) is 21.3 Å². The Morgan fingerprint density at radius 3 is 2.64 bits per heavy atom. The SMILES string of the molecule is Nc1ccc2cccc(CCNC(=O)CI)c2c1S(=O)(=O)O. The molecule has 1 amide bonds. The zero-order chi connectivity index (χ0) is 16.3. The second kappa shape index (κ2) is 6.80. The Morgan fingerprint density at radius 2 is 2.00 bits per heavy atom. The molecule has 6 nitrogen and oxygen atoms in total. The Morgan fingerprint density at radius 1 is 1.27 bits per heavy atom. The molecule has 22 heavy (non-hydrogen) atoms. The molecule has 0 aliphatic carbocycles. The van der Waals surface area contributed by atoms with Gasteiger partial charge in [0.15, 0.2) is 0 Å². The van der Waals surface area contributed by atoms with Crippen molar-refractivity contribution >= 4 is 55.1 Å². The highest BCUT2D eigenvalue weighted by molar-refractivity contribution is 14.1. The van der Waals surface area contributed by atoms with Crippen LogP contribution in [0.15, 0.2) is 35.2 Å². The number of carbonyl (C=O) groups excluding carboxylic acids is 1. The van der Waals surface area contributed by atoms with Crippen molar-refractivity contribution in [2.75, 3.05) is 16.7 Å². The van der Waals surface area contributed by atoms with Crippen molar-refractivity contribution in [1.29, 1.82) is 0 Å². The summed E-state index contributed by atoms with van der Waals surface area (Å²) in [4.78, 5) is 11.0. The standard InChI is InChI=1S/C14H15IN2O4S/c15-8-12(18)17-7-6-10-3-1-2-9-4-5-11(16)14(13(9)10)22(19,20)21/h1-5H,6-8,16H2,(H,17,18)(H,19,20,21). The van der Waals surface area contributed by atoms with Crippen LogP contribution in [0.3, 0.4) is 0 Å². The average molecular weight is 434 g/mol. The van der Waals surface area contributed by atoms with E-state index in [9.17, 15) is 17.8 Å². The lowest BCUT2D eigenvalue weighted by molar-refractivity contribution is -0.118. The van der Waals surface area contributed by atoms with Gasteiger partial charge in [-0.25, -0.2) is 0 Å². The second-order valence-electron chi connectivity index (χ2n) is 4.71. The Hall–Kier alpha value is -1.39. The van der Waals surface area contributed by atoms with E-state index in [1.807, 2.05) is 22.6 Å². The lowest BCUT2D eigenvalue weighted by Crippen LogP contribution is -2.26. The predicted molar refractivity (Wildman–Crippen MR) is 93.8 cm³/mol. The van der Waals surface area contributed by atoms with Crippen molar-refractivity contribution in [3.05, 3.63) is 35.9 Å². The lowest BCUT2D eigenvalue weighted by atomic mass is 10.0. The summed E-state index contributed by atoms with van der Waals surface area (Å²) in [5.41, 5.74) is 6.43. The van der Waals surface area contributed by atoms with Crippen LogP contribution in [0.4, 0.5) is 5.69 Å². The fourth-order valence-corrected chi connectivity index (χ4v) is 3.45. The van der Waals surface area contributed by atoms with E-state index in [1.165, 1.54) is 6.07 Å². The van der Waals surface area contributed by atoms with E-state index in [1.54, 1.807) is 24.3 Å². The van der Waals surface area contributed by atoms with Gasteiger partial charge in [0.05, 0.1) is 10.1 Å². The molecule has 0 heterocycles. The van der Waals surface area contributed by atoms with Crippen molar-refractivity contribution in [1.82, 2.24) is 5.32 Å². The third kappa shape index (κ3) is 3.68. The minimum atomic E-state index is -4.44. The van der Waals surface area contributed by atoms with Crippen LogP contribution in [0.5, 0.6) is 0 Å². The fourth-order valence-electron chi connectivity index (χ4n) is 2.31. The molecule has 0 bridgehead atoms. The van der Waals surface area contributed by atoms with Gasteiger partial charge in [0.25, 0.3) is 10.1 Å². The molecule has 0 aliphatic rings. The first kappa shape index (κ1) is 17.0. The number of fused-ring (bicyclic) bond motifs is 1. The van der Waals surface area contributed by atoms with Crippen molar-refractivity contribution in [2.45, 2.75) is 11.3 Å². The van der Waals surface area contributed by atoms with Crippen LogP contribution in [-0.4, -0.2) is 29.9 Å². The maximum atomic E-state index is 11.7. The zero-order valence-electron chi connectivity index (χ0n) is 11.5. The third-order valence-electron chi connectivity index (χ3n) is 3.21. The van der Waals surface area contributed by atoms with Crippen LogP contribution in [0, 0.1) is 0 Å². The van der Waals surface area contributed by atoms with Crippen molar-refractivity contribution in [3.63, 3.8) is 0 Å². The molecule has 4 N–H and O–H groups in total. The number of rotatable bonds is 5. The number of anilines is 1. The summed E-state index contributed by atoms with van der Waals surface area (Å²) < 4.78 is 33.1. The van der Waals surface area contributed by atoms with Crippen molar-refractivity contribution in [3.8, 4) is 0 Å². The number of amides is 1. The average Bonchev–Trinajstić information content (AvgIpc) is 2.45. The Bertz CT molecular complexity index is 821. The van der Waals surface area contributed by atoms with E-state index >= 15 is 0 Å². The van der Waals surface area contributed by atoms with E-state index in [-0.39, 0.29) is 16.5 Å². The Labute approximate surface area is 142 Å². The molecule has 0 fully saturated rings. The lowest BCUT2D eigenvalue weighted by Gasteiger charge is -2.12. The van der Waals surface area contributed by atoms with Crippen LogP contribution < -0.4 is 11.1 Å². The molecule has 0 saturated heterocycles. The number of hydrogen-bond donors (Lipinski definition) is 3. The number of alkyl halides is 1. The summed E-state index contributed by atoms with van der Waals surface area (Å²) in [5, 5.41) is 3.79. The summed E-state index contributed by atoms with van der Waals surface area (Å²) >= 11 is 1.96. The molecule has 118 valence electrons. The van der Waals surface area contributed by atoms with Crippen molar-refractivity contribution in [2.24, 2.45) is 0 Å². The van der Waals surface area contributed by atoms with Gasteiger partial charge in [0.1, 0.15) is 4.90 Å². The highest BCUT2D eigenvalue weighted by atomic mass is 127. The molecule has 0 atom stereocenters. The molecule has 2 aromatic rings. The topological polar surface area (TPSA) is 109 Å². The zero-order valence-corrected chi connectivity index (χ0v) is 14.5. The molecule has 8 heteroatoms. The van der Waals surface area contributed by atoms with Gasteiger partial charge in [-0.15, -0.1) is 0 Å². The van der Waals surface area contributed by atoms with Gasteiger partial charge in [0.2, 0.25) is 5.91 Å². The van der Waals surface area contributed by atoms with E-state index in [4.69, 9.17) is 5.73 Å². The largest absolute Gasteiger partial charge is 0.398 e. The first-order valence-corrected chi connectivity index (χ1v) is 9.41. The van der Waals surface area contributed by atoms with Gasteiger partial charge in [-0.3, -0.25) is 9.35 Å². The molecule has 0 saturated carbocycles. The monoisotopic (exact) mass is 434 g/mol. The molecular formula is C14H15IN2O4S. The Kier molecular flexibility index (Phi) is 5.24.